The zero-order chi connectivity index (χ0) is 20.4. The zero-order valence-corrected chi connectivity index (χ0v) is 18.5. The number of hydrogen-bond acceptors (Lipinski definition) is 7. The van der Waals surface area contributed by atoms with Gasteiger partial charge in [-0.3, -0.25) is 9.69 Å². The van der Waals surface area contributed by atoms with Gasteiger partial charge in [-0.1, -0.05) is 22.9 Å². The van der Waals surface area contributed by atoms with Crippen LogP contribution in [0.2, 0.25) is 4.34 Å². The average Bonchev–Trinajstić information content (AvgIpc) is 3.46. The molecule has 0 N–H and O–H groups in total. The summed E-state index contributed by atoms with van der Waals surface area (Å²) in [6.07, 6.45) is 2.23. The van der Waals surface area contributed by atoms with E-state index in [9.17, 15) is 4.79 Å². The van der Waals surface area contributed by atoms with Crippen molar-refractivity contribution in [2.24, 2.45) is 0 Å². The number of hydrogen-bond donors (Lipinski definition) is 0. The maximum absolute atomic E-state index is 13.2. The molecule has 1 aliphatic rings. The predicted molar refractivity (Wildman–Crippen MR) is 117 cm³/mol. The largest absolute Gasteiger partial charge is 0.495 e. The summed E-state index contributed by atoms with van der Waals surface area (Å²) < 4.78 is 18.3. The molecule has 1 fully saturated rings. The number of carbonyl (C=O) groups is 1. The van der Waals surface area contributed by atoms with Crippen LogP contribution in [-0.4, -0.2) is 44.4 Å². The van der Waals surface area contributed by atoms with E-state index in [1.807, 2.05) is 24.3 Å². The van der Waals surface area contributed by atoms with Crippen molar-refractivity contribution in [1.82, 2.24) is 4.98 Å². The van der Waals surface area contributed by atoms with Crippen LogP contribution in [0.4, 0.5) is 5.13 Å². The summed E-state index contributed by atoms with van der Waals surface area (Å²) in [5, 5.41) is 0.617. The third-order valence-electron chi connectivity index (χ3n) is 4.80. The Bertz CT molecular complexity index is 972. The lowest BCUT2D eigenvalue weighted by Crippen LogP contribution is -2.38. The van der Waals surface area contributed by atoms with E-state index >= 15 is 0 Å². The van der Waals surface area contributed by atoms with Crippen LogP contribution < -0.4 is 14.4 Å². The highest BCUT2D eigenvalue weighted by molar-refractivity contribution is 7.22. The highest BCUT2D eigenvalue weighted by Gasteiger charge is 2.27. The van der Waals surface area contributed by atoms with Gasteiger partial charge in [0.25, 0.3) is 0 Å². The summed E-state index contributed by atoms with van der Waals surface area (Å²) in [4.78, 5) is 20.6. The van der Waals surface area contributed by atoms with E-state index in [2.05, 4.69) is 0 Å². The van der Waals surface area contributed by atoms with E-state index < -0.39 is 0 Å². The lowest BCUT2D eigenvalue weighted by Gasteiger charge is -2.22. The summed E-state index contributed by atoms with van der Waals surface area (Å²) in [6, 6.07) is 7.37. The molecule has 3 heterocycles. The number of fused-ring (bicyclic) bond motifs is 1. The molecule has 4 rings (SSSR count). The molecule has 0 bridgehead atoms. The number of aromatic nitrogens is 1. The van der Waals surface area contributed by atoms with Gasteiger partial charge >= 0.3 is 0 Å². The maximum Gasteiger partial charge on any atom is 0.234 e. The van der Waals surface area contributed by atoms with Crippen LogP contribution in [-0.2, 0) is 16.0 Å². The molecule has 0 radical (unpaired) electrons. The van der Waals surface area contributed by atoms with E-state index in [4.69, 9.17) is 30.8 Å². The lowest BCUT2D eigenvalue weighted by atomic mass is 10.2. The first-order valence-corrected chi connectivity index (χ1v) is 11.3. The van der Waals surface area contributed by atoms with Crippen molar-refractivity contribution < 1.29 is 19.0 Å². The average molecular weight is 453 g/mol. The number of thiophene rings is 1. The van der Waals surface area contributed by atoms with Crippen LogP contribution in [0.15, 0.2) is 24.3 Å². The molecule has 2 aromatic heterocycles. The Balaban J connectivity index is 1.70. The first kappa shape index (κ1) is 20.4. The highest BCUT2D eigenvalue weighted by atomic mass is 35.5. The molecule has 3 aromatic rings. The molecular weight excluding hydrogens is 432 g/mol. The molecule has 6 nitrogen and oxygen atoms in total. The number of benzene rings is 1. The van der Waals surface area contributed by atoms with E-state index in [-0.39, 0.29) is 18.4 Å². The molecule has 1 aromatic carbocycles. The molecule has 9 heteroatoms. The van der Waals surface area contributed by atoms with Crippen LogP contribution in [0.5, 0.6) is 11.5 Å². The standard InChI is InChI=1S/C20H21ClN2O4S2/c1-25-14-6-7-15(26-2)19-18(14)22-20(29-19)23(11-12-4-3-9-27-12)17(24)10-13-5-8-16(21)28-13/h5-8,12H,3-4,9-11H2,1-2H3. The number of rotatable bonds is 7. The molecule has 0 spiro atoms. The summed E-state index contributed by atoms with van der Waals surface area (Å²) in [6.45, 7) is 1.21. The molecule has 1 aliphatic heterocycles. The van der Waals surface area contributed by atoms with Gasteiger partial charge in [0, 0.05) is 11.5 Å². The molecule has 1 amide bonds. The van der Waals surface area contributed by atoms with Crippen molar-refractivity contribution in [2.75, 3.05) is 32.3 Å². The summed E-state index contributed by atoms with van der Waals surface area (Å²) in [5.74, 6) is 1.33. The van der Waals surface area contributed by atoms with Gasteiger partial charge in [-0.25, -0.2) is 4.98 Å². The van der Waals surface area contributed by atoms with Gasteiger partial charge in [0.05, 0.1) is 37.6 Å². The quantitative estimate of drug-likeness (QED) is 0.516. The number of thiazole rings is 1. The maximum atomic E-state index is 13.2. The molecule has 0 aliphatic carbocycles. The molecular formula is C20H21ClN2O4S2. The second-order valence-corrected chi connectivity index (χ2v) is 9.44. The van der Waals surface area contributed by atoms with Crippen LogP contribution in [0.3, 0.4) is 0 Å². The van der Waals surface area contributed by atoms with Crippen molar-refractivity contribution in [3.05, 3.63) is 33.5 Å². The van der Waals surface area contributed by atoms with Crippen molar-refractivity contribution in [2.45, 2.75) is 25.4 Å². The molecule has 1 atom stereocenters. The fraction of sp³-hybridized carbons (Fsp3) is 0.400. The van der Waals surface area contributed by atoms with Crippen molar-refractivity contribution in [3.63, 3.8) is 0 Å². The molecule has 0 saturated carbocycles. The number of halogens is 1. The number of carbonyl (C=O) groups excluding carboxylic acids is 1. The third-order valence-corrected chi connectivity index (χ3v) is 7.12. The van der Waals surface area contributed by atoms with Crippen LogP contribution in [0.1, 0.15) is 17.7 Å². The Morgan fingerprint density at radius 2 is 2.03 bits per heavy atom. The van der Waals surface area contributed by atoms with Gasteiger partial charge in [-0.2, -0.15) is 0 Å². The number of amides is 1. The number of nitrogens with zero attached hydrogens (tertiary/aromatic N) is 2. The van der Waals surface area contributed by atoms with Gasteiger partial charge in [0.2, 0.25) is 5.91 Å². The Morgan fingerprint density at radius 3 is 2.69 bits per heavy atom. The minimum absolute atomic E-state index is 0.0154. The first-order valence-electron chi connectivity index (χ1n) is 9.26. The van der Waals surface area contributed by atoms with Gasteiger partial charge < -0.3 is 14.2 Å². The van der Waals surface area contributed by atoms with Crippen molar-refractivity contribution in [3.8, 4) is 11.5 Å². The number of anilines is 1. The summed E-state index contributed by atoms with van der Waals surface area (Å²) >= 11 is 8.88. The number of methoxy groups -OCH3 is 2. The highest BCUT2D eigenvalue weighted by Crippen LogP contribution is 2.40. The normalized spacial score (nSPS) is 16.3. The van der Waals surface area contributed by atoms with Gasteiger partial charge in [-0.15, -0.1) is 11.3 Å². The van der Waals surface area contributed by atoms with E-state index in [1.165, 1.54) is 22.7 Å². The number of ether oxygens (including phenoxy) is 3. The lowest BCUT2D eigenvalue weighted by molar-refractivity contribution is -0.118. The Hall–Kier alpha value is -1.87. The van der Waals surface area contributed by atoms with Gasteiger partial charge in [0.15, 0.2) is 5.13 Å². The SMILES string of the molecule is COc1ccc(OC)c2sc(N(CC3CCCO3)C(=O)Cc3ccc(Cl)s3)nc12. The Labute approximate surface area is 182 Å². The smallest absolute Gasteiger partial charge is 0.234 e. The Morgan fingerprint density at radius 1 is 1.24 bits per heavy atom. The molecule has 29 heavy (non-hydrogen) atoms. The summed E-state index contributed by atoms with van der Waals surface area (Å²) in [5.41, 5.74) is 0.691. The molecule has 154 valence electrons. The molecule has 1 unspecified atom stereocenters. The van der Waals surface area contributed by atoms with Gasteiger partial charge in [-0.05, 0) is 37.1 Å². The zero-order valence-electron chi connectivity index (χ0n) is 16.1. The monoisotopic (exact) mass is 452 g/mol. The minimum Gasteiger partial charge on any atom is -0.495 e. The molecule has 1 saturated heterocycles. The van der Waals surface area contributed by atoms with Crippen molar-refractivity contribution in [1.29, 1.82) is 0 Å². The van der Waals surface area contributed by atoms with Crippen molar-refractivity contribution >= 4 is 55.5 Å². The topological polar surface area (TPSA) is 60.9 Å². The first-order chi connectivity index (χ1) is 14.1. The second kappa shape index (κ2) is 8.87. The van der Waals surface area contributed by atoms with E-state index in [1.54, 1.807) is 19.1 Å². The van der Waals surface area contributed by atoms with Gasteiger partial charge in [0.1, 0.15) is 21.7 Å². The fourth-order valence-corrected chi connectivity index (χ4v) is 5.54. The van der Waals surface area contributed by atoms with E-state index in [0.717, 1.165) is 29.0 Å². The minimum atomic E-state index is -0.0315. The third kappa shape index (κ3) is 4.35. The Kier molecular flexibility index (Phi) is 6.24. The second-order valence-electron chi connectivity index (χ2n) is 6.67. The van der Waals surface area contributed by atoms with Crippen LogP contribution in [0.25, 0.3) is 10.2 Å². The fourth-order valence-electron chi connectivity index (χ4n) is 3.36. The van der Waals surface area contributed by atoms with Crippen LogP contribution >= 0.6 is 34.3 Å². The predicted octanol–water partition coefficient (Wildman–Crippen LogP) is 4.78. The van der Waals surface area contributed by atoms with E-state index in [0.29, 0.717) is 33.0 Å². The summed E-state index contributed by atoms with van der Waals surface area (Å²) in [7, 11) is 3.23. The van der Waals surface area contributed by atoms with Crippen LogP contribution in [0, 0.1) is 0 Å².